The lowest BCUT2D eigenvalue weighted by molar-refractivity contribution is 0.0982. The van der Waals surface area contributed by atoms with Crippen molar-refractivity contribution < 1.29 is 9.90 Å². The molecule has 3 aromatic rings. The first-order valence-electron chi connectivity index (χ1n) is 9.01. The van der Waals surface area contributed by atoms with Crippen LogP contribution in [0, 0.1) is 12.8 Å². The van der Waals surface area contributed by atoms with Gasteiger partial charge in [-0.25, -0.2) is 0 Å². The summed E-state index contributed by atoms with van der Waals surface area (Å²) in [7, 11) is 0. The highest BCUT2D eigenvalue weighted by Crippen LogP contribution is 2.34. The largest absolute Gasteiger partial charge is 0.508 e. The molecular formula is C22H23NO2. The van der Waals surface area contributed by atoms with Crippen molar-refractivity contribution in [3.05, 3.63) is 65.4 Å². The summed E-state index contributed by atoms with van der Waals surface area (Å²) in [6.45, 7) is 3.00. The molecule has 1 heterocycles. The number of aromatic hydroxyl groups is 1. The Kier molecular flexibility index (Phi) is 4.08. The van der Waals surface area contributed by atoms with Gasteiger partial charge in [-0.15, -0.1) is 0 Å². The van der Waals surface area contributed by atoms with Gasteiger partial charge in [0.25, 0.3) is 0 Å². The van der Waals surface area contributed by atoms with Crippen molar-refractivity contribution >= 4 is 16.7 Å². The van der Waals surface area contributed by atoms with Gasteiger partial charge in [0.1, 0.15) is 5.75 Å². The zero-order valence-corrected chi connectivity index (χ0v) is 14.5. The molecule has 1 saturated carbocycles. The summed E-state index contributed by atoms with van der Waals surface area (Å²) >= 11 is 0. The molecule has 0 amide bonds. The number of nitrogens with zero attached hydrogens (tertiary/aromatic N) is 1. The van der Waals surface area contributed by atoms with E-state index < -0.39 is 0 Å². The lowest BCUT2D eigenvalue weighted by Gasteiger charge is -2.10. The Morgan fingerprint density at radius 3 is 2.76 bits per heavy atom. The van der Waals surface area contributed by atoms with Gasteiger partial charge in [0.2, 0.25) is 0 Å². The number of ketones is 1. The van der Waals surface area contributed by atoms with Crippen LogP contribution in [0.4, 0.5) is 0 Å². The van der Waals surface area contributed by atoms with Crippen LogP contribution >= 0.6 is 0 Å². The number of rotatable bonds is 6. The highest BCUT2D eigenvalue weighted by molar-refractivity contribution is 5.96. The number of phenolic OH excluding ortho intramolecular Hbond substituents is 1. The van der Waals surface area contributed by atoms with E-state index in [1.807, 2.05) is 43.3 Å². The number of aromatic nitrogens is 1. The van der Waals surface area contributed by atoms with Gasteiger partial charge < -0.3 is 9.67 Å². The molecule has 0 aliphatic heterocycles. The number of carbonyl (C=O) groups is 1. The molecule has 3 nitrogen and oxygen atoms in total. The first-order chi connectivity index (χ1) is 12.1. The van der Waals surface area contributed by atoms with E-state index >= 15 is 0 Å². The number of phenols is 1. The van der Waals surface area contributed by atoms with Gasteiger partial charge in [-0.2, -0.15) is 0 Å². The molecule has 0 saturated heterocycles. The molecule has 0 radical (unpaired) electrons. The van der Waals surface area contributed by atoms with Crippen LogP contribution in [0.15, 0.2) is 48.5 Å². The van der Waals surface area contributed by atoms with E-state index in [1.54, 1.807) is 6.07 Å². The fourth-order valence-electron chi connectivity index (χ4n) is 3.49. The van der Waals surface area contributed by atoms with E-state index in [9.17, 15) is 9.90 Å². The second kappa shape index (κ2) is 6.40. The lowest BCUT2D eigenvalue weighted by atomic mass is 10.0. The topological polar surface area (TPSA) is 42.2 Å². The summed E-state index contributed by atoms with van der Waals surface area (Å²) in [6.07, 6.45) is 3.80. The predicted molar refractivity (Wildman–Crippen MR) is 100 cm³/mol. The van der Waals surface area contributed by atoms with Crippen molar-refractivity contribution in [3.8, 4) is 5.75 Å². The molecule has 1 aromatic heterocycles. The molecule has 2 aromatic carbocycles. The summed E-state index contributed by atoms with van der Waals surface area (Å²) in [5.41, 5.74) is 4.17. The maximum atomic E-state index is 12.5. The Balaban J connectivity index is 1.59. The molecule has 25 heavy (non-hydrogen) atoms. The van der Waals surface area contributed by atoms with E-state index in [-0.39, 0.29) is 5.78 Å². The fraction of sp³-hybridized carbons (Fsp3) is 0.318. The van der Waals surface area contributed by atoms with E-state index in [0.29, 0.717) is 12.2 Å². The second-order valence-corrected chi connectivity index (χ2v) is 7.23. The lowest BCUT2D eigenvalue weighted by Crippen LogP contribution is -2.07. The van der Waals surface area contributed by atoms with Crippen molar-refractivity contribution in [3.63, 3.8) is 0 Å². The zero-order chi connectivity index (χ0) is 17.4. The average molecular weight is 333 g/mol. The summed E-state index contributed by atoms with van der Waals surface area (Å²) in [5.74, 6) is 1.23. The summed E-state index contributed by atoms with van der Waals surface area (Å²) in [5, 5.41) is 11.0. The molecule has 3 heteroatoms. The van der Waals surface area contributed by atoms with E-state index in [1.165, 1.54) is 18.5 Å². The molecule has 1 fully saturated rings. The molecule has 0 spiro atoms. The molecule has 0 unspecified atom stereocenters. The van der Waals surface area contributed by atoms with Crippen LogP contribution in [0.2, 0.25) is 0 Å². The number of hydrogen-bond acceptors (Lipinski definition) is 2. The smallest absolute Gasteiger partial charge is 0.163 e. The number of Topliss-reactive ketones (excluding diaryl/α,β-unsaturated/α-hetero) is 1. The van der Waals surface area contributed by atoms with Crippen molar-refractivity contribution in [1.29, 1.82) is 0 Å². The number of hydrogen-bond donors (Lipinski definition) is 1. The molecule has 0 atom stereocenters. The zero-order valence-electron chi connectivity index (χ0n) is 14.5. The third kappa shape index (κ3) is 3.46. The molecule has 1 aliphatic rings. The quantitative estimate of drug-likeness (QED) is 0.653. The Morgan fingerprint density at radius 1 is 1.16 bits per heavy atom. The highest BCUT2D eigenvalue weighted by atomic mass is 16.3. The van der Waals surface area contributed by atoms with E-state index in [0.717, 1.165) is 40.9 Å². The second-order valence-electron chi connectivity index (χ2n) is 7.23. The van der Waals surface area contributed by atoms with Crippen molar-refractivity contribution in [2.45, 2.75) is 39.2 Å². The number of fused-ring (bicyclic) bond motifs is 1. The number of benzene rings is 2. The van der Waals surface area contributed by atoms with Gasteiger partial charge in [-0.3, -0.25) is 4.79 Å². The molecule has 1 N–H and O–H groups in total. The highest BCUT2D eigenvalue weighted by Gasteiger charge is 2.24. The third-order valence-electron chi connectivity index (χ3n) is 5.06. The Morgan fingerprint density at radius 2 is 2.00 bits per heavy atom. The van der Waals surface area contributed by atoms with Gasteiger partial charge >= 0.3 is 0 Å². The summed E-state index contributed by atoms with van der Waals surface area (Å²) in [4.78, 5) is 12.5. The monoisotopic (exact) mass is 333 g/mol. The maximum absolute atomic E-state index is 12.5. The van der Waals surface area contributed by atoms with Crippen LogP contribution < -0.4 is 0 Å². The minimum atomic E-state index is 0.190. The Hall–Kier alpha value is -2.55. The van der Waals surface area contributed by atoms with E-state index in [2.05, 4.69) is 10.6 Å². The first kappa shape index (κ1) is 15.9. The van der Waals surface area contributed by atoms with E-state index in [4.69, 9.17) is 0 Å². The SMILES string of the molecule is Cc1cccc(C(=O)CCc2cc3ccc(O)cc3n2CC2CC2)c1. The van der Waals surface area contributed by atoms with Crippen molar-refractivity contribution in [1.82, 2.24) is 4.57 Å². The number of carbonyl (C=O) groups excluding carboxylic acids is 1. The normalized spacial score (nSPS) is 14.1. The van der Waals surface area contributed by atoms with Gasteiger partial charge in [0.05, 0.1) is 5.52 Å². The average Bonchev–Trinajstić information content (AvgIpc) is 3.35. The van der Waals surface area contributed by atoms with Crippen LogP contribution in [-0.2, 0) is 13.0 Å². The van der Waals surface area contributed by atoms with Crippen molar-refractivity contribution in [2.75, 3.05) is 0 Å². The molecule has 128 valence electrons. The fourth-order valence-corrected chi connectivity index (χ4v) is 3.49. The van der Waals surface area contributed by atoms with Gasteiger partial charge in [-0.05, 0) is 56.4 Å². The van der Waals surface area contributed by atoms with Crippen LogP contribution in [0.25, 0.3) is 10.9 Å². The van der Waals surface area contributed by atoms with Crippen LogP contribution in [0.1, 0.15) is 40.9 Å². The van der Waals surface area contributed by atoms with Crippen molar-refractivity contribution in [2.24, 2.45) is 5.92 Å². The van der Waals surface area contributed by atoms with Crippen LogP contribution in [0.5, 0.6) is 5.75 Å². The predicted octanol–water partition coefficient (Wildman–Crippen LogP) is 4.88. The van der Waals surface area contributed by atoms with Crippen LogP contribution in [0.3, 0.4) is 0 Å². The van der Waals surface area contributed by atoms with Gasteiger partial charge in [-0.1, -0.05) is 23.8 Å². The first-order valence-corrected chi connectivity index (χ1v) is 9.01. The molecule has 4 rings (SSSR count). The van der Waals surface area contributed by atoms with Gasteiger partial charge in [0, 0.05) is 35.7 Å². The summed E-state index contributed by atoms with van der Waals surface area (Å²) in [6, 6.07) is 15.5. The Labute approximate surface area is 147 Å². The standard InChI is InChI=1S/C22H23NO2/c1-15-3-2-4-18(11-15)22(25)10-8-19-12-17-7-9-20(24)13-21(17)23(19)14-16-5-6-16/h2-4,7,9,11-13,16,24H,5-6,8,10,14H2,1H3. The van der Waals surface area contributed by atoms with Gasteiger partial charge in [0.15, 0.2) is 5.78 Å². The minimum absolute atomic E-state index is 0.190. The molecule has 0 bridgehead atoms. The third-order valence-corrected chi connectivity index (χ3v) is 5.06. The summed E-state index contributed by atoms with van der Waals surface area (Å²) < 4.78 is 2.30. The number of aryl methyl sites for hydroxylation is 2. The Bertz CT molecular complexity index is 934. The van der Waals surface area contributed by atoms with Crippen LogP contribution in [-0.4, -0.2) is 15.5 Å². The minimum Gasteiger partial charge on any atom is -0.508 e. The molecular weight excluding hydrogens is 310 g/mol. The maximum Gasteiger partial charge on any atom is 0.163 e. The molecule has 1 aliphatic carbocycles.